The van der Waals surface area contributed by atoms with E-state index in [1.807, 2.05) is 9.80 Å². The van der Waals surface area contributed by atoms with Crippen molar-refractivity contribution in [3.8, 4) is 0 Å². The van der Waals surface area contributed by atoms with E-state index in [0.717, 1.165) is 31.4 Å². The Bertz CT molecular complexity index is 1270. The molecule has 2 aromatic rings. The first-order valence-electron chi connectivity index (χ1n) is 14.5. The first kappa shape index (κ1) is 40.9. The molecule has 0 bridgehead atoms. The zero-order chi connectivity index (χ0) is 33.2. The highest BCUT2D eigenvalue weighted by Crippen LogP contribution is 2.37. The molecule has 2 unspecified atom stereocenters. The fourth-order valence-corrected chi connectivity index (χ4v) is 6.14. The van der Waals surface area contributed by atoms with Crippen LogP contribution in [0.15, 0.2) is 42.5 Å². The minimum absolute atomic E-state index is 0. The van der Waals surface area contributed by atoms with Crippen LogP contribution in [0.2, 0.25) is 0 Å². The Kier molecular flexibility index (Phi) is 14.3. The van der Waals surface area contributed by atoms with Gasteiger partial charge in [-0.05, 0) is 55.2 Å². The molecular formula is C30H36Cl2F9N3O3. The van der Waals surface area contributed by atoms with Crippen molar-refractivity contribution >= 4 is 30.7 Å². The van der Waals surface area contributed by atoms with Crippen LogP contribution in [0.25, 0.3) is 0 Å². The third-order valence-electron chi connectivity index (χ3n) is 8.52. The van der Waals surface area contributed by atoms with Crippen molar-refractivity contribution < 1.29 is 54.5 Å². The van der Waals surface area contributed by atoms with Crippen LogP contribution < -0.4 is 0 Å². The Hall–Kier alpha value is -2.30. The topological polar surface area (TPSA) is 67.3 Å². The van der Waals surface area contributed by atoms with Gasteiger partial charge in [0.2, 0.25) is 0 Å². The molecule has 2 aliphatic heterocycles. The molecule has 17 heteroatoms. The van der Waals surface area contributed by atoms with Crippen molar-refractivity contribution in [2.75, 3.05) is 45.9 Å². The summed E-state index contributed by atoms with van der Waals surface area (Å²) < 4.78 is 120. The Morgan fingerprint density at radius 1 is 0.702 bits per heavy atom. The average molecular weight is 729 g/mol. The molecule has 0 spiro atoms. The van der Waals surface area contributed by atoms with Crippen LogP contribution in [0.3, 0.4) is 0 Å². The lowest BCUT2D eigenvalue weighted by Gasteiger charge is -2.44. The molecule has 0 radical (unpaired) electrons. The van der Waals surface area contributed by atoms with Crippen LogP contribution in [0.4, 0.5) is 39.5 Å². The molecule has 47 heavy (non-hydrogen) atoms. The van der Waals surface area contributed by atoms with Gasteiger partial charge in [0.1, 0.15) is 0 Å². The van der Waals surface area contributed by atoms with Crippen LogP contribution in [0.5, 0.6) is 0 Å². The third kappa shape index (κ3) is 10.3. The molecule has 0 aliphatic carbocycles. The molecule has 6 nitrogen and oxygen atoms in total. The summed E-state index contributed by atoms with van der Waals surface area (Å²) >= 11 is 0. The zero-order valence-electron chi connectivity index (χ0n) is 24.9. The number of rotatable bonds is 8. The smallest absolute Gasteiger partial charge is 0.395 e. The largest absolute Gasteiger partial charge is 0.416 e. The molecule has 266 valence electrons. The summed E-state index contributed by atoms with van der Waals surface area (Å²) in [4.78, 5) is 18.7. The molecule has 2 aromatic carbocycles. The van der Waals surface area contributed by atoms with Gasteiger partial charge >= 0.3 is 18.5 Å². The van der Waals surface area contributed by atoms with Crippen LogP contribution >= 0.6 is 24.8 Å². The number of nitrogens with zero attached hydrogens (tertiary/aromatic N) is 3. The fraction of sp³-hybridized carbons (Fsp3) is 0.567. The third-order valence-corrected chi connectivity index (χ3v) is 8.52. The van der Waals surface area contributed by atoms with Gasteiger partial charge < -0.3 is 15.1 Å². The maximum atomic E-state index is 13.6. The zero-order valence-corrected chi connectivity index (χ0v) is 26.5. The fourth-order valence-electron chi connectivity index (χ4n) is 6.14. The molecule has 4 rings (SSSR count). The summed E-state index contributed by atoms with van der Waals surface area (Å²) in [6.07, 6.45) is -12.6. The predicted octanol–water partition coefficient (Wildman–Crippen LogP) is 6.16. The Balaban J connectivity index is 0.00000384. The normalized spacial score (nSPS) is 21.6. The number of hydrogen-bond donors (Lipinski definition) is 2. The van der Waals surface area contributed by atoms with E-state index in [1.54, 1.807) is 0 Å². The molecular weight excluding hydrogens is 692 g/mol. The van der Waals surface area contributed by atoms with Gasteiger partial charge in [0.15, 0.2) is 0 Å². The number of halogens is 11. The second-order valence-electron chi connectivity index (χ2n) is 11.5. The second-order valence-corrected chi connectivity index (χ2v) is 11.5. The monoisotopic (exact) mass is 727 g/mol. The summed E-state index contributed by atoms with van der Waals surface area (Å²) in [5.74, 6) is -1.06. The van der Waals surface area contributed by atoms with Gasteiger partial charge in [-0.3, -0.25) is 14.6 Å². The molecule has 3 atom stereocenters. The van der Waals surface area contributed by atoms with Crippen molar-refractivity contribution in [3.05, 3.63) is 70.3 Å². The van der Waals surface area contributed by atoms with E-state index in [-0.39, 0.29) is 82.2 Å². The van der Waals surface area contributed by atoms with Crippen molar-refractivity contribution in [2.24, 2.45) is 0 Å². The van der Waals surface area contributed by atoms with Gasteiger partial charge in [0.25, 0.3) is 5.91 Å². The summed E-state index contributed by atoms with van der Waals surface area (Å²) in [6, 6.07) is 3.75. The Labute approximate surface area is 278 Å². The first-order valence-corrected chi connectivity index (χ1v) is 14.5. The summed E-state index contributed by atoms with van der Waals surface area (Å²) in [7, 11) is 0. The minimum atomic E-state index is -5.15. The van der Waals surface area contributed by atoms with E-state index in [9.17, 15) is 54.5 Å². The lowest BCUT2D eigenvalue weighted by Crippen LogP contribution is -2.58. The molecule has 2 N–H and O–H groups in total. The van der Waals surface area contributed by atoms with Crippen LogP contribution in [0, 0.1) is 0 Å². The summed E-state index contributed by atoms with van der Waals surface area (Å²) in [6.45, 7) is 0.953. The molecule has 0 saturated carbocycles. The number of benzene rings is 2. The number of piperidine rings is 1. The van der Waals surface area contributed by atoms with E-state index in [2.05, 4.69) is 0 Å². The first-order chi connectivity index (χ1) is 21.0. The number of hydrogen-bond acceptors (Lipinski definition) is 5. The van der Waals surface area contributed by atoms with Gasteiger partial charge in [0, 0.05) is 56.4 Å². The molecule has 0 aromatic heterocycles. The van der Waals surface area contributed by atoms with E-state index in [0.29, 0.717) is 30.8 Å². The molecule has 2 heterocycles. The lowest BCUT2D eigenvalue weighted by atomic mass is 9.96. The van der Waals surface area contributed by atoms with Crippen molar-refractivity contribution in [1.82, 2.24) is 14.7 Å². The van der Waals surface area contributed by atoms with Crippen molar-refractivity contribution in [2.45, 2.75) is 62.3 Å². The highest BCUT2D eigenvalue weighted by Gasteiger charge is 2.40. The number of aliphatic hydroxyl groups is 2. The van der Waals surface area contributed by atoms with Gasteiger partial charge in [-0.15, -0.1) is 24.8 Å². The number of piperazine rings is 1. The number of likely N-dealkylation sites (tertiary alicyclic amines) is 1. The number of aliphatic hydroxyl groups excluding tert-OH is 2. The maximum absolute atomic E-state index is 13.6. The van der Waals surface area contributed by atoms with Crippen LogP contribution in [0.1, 0.15) is 51.9 Å². The van der Waals surface area contributed by atoms with Crippen molar-refractivity contribution in [1.29, 1.82) is 0 Å². The Morgan fingerprint density at radius 2 is 1.21 bits per heavy atom. The van der Waals surface area contributed by atoms with Gasteiger partial charge in [-0.2, -0.15) is 39.5 Å². The number of carbonyl (C=O) groups excluding carboxylic acids is 1. The maximum Gasteiger partial charge on any atom is 0.416 e. The van der Waals surface area contributed by atoms with E-state index in [1.165, 1.54) is 17.0 Å². The van der Waals surface area contributed by atoms with Crippen LogP contribution in [-0.4, -0.2) is 94.9 Å². The highest BCUT2D eigenvalue weighted by molar-refractivity contribution is 5.95. The average Bonchev–Trinajstić information content (AvgIpc) is 2.98. The van der Waals surface area contributed by atoms with Crippen LogP contribution in [-0.2, 0) is 24.9 Å². The number of carbonyl (C=O) groups is 1. The highest BCUT2D eigenvalue weighted by atomic mass is 35.5. The quantitative estimate of drug-likeness (QED) is 0.319. The second kappa shape index (κ2) is 16.4. The minimum Gasteiger partial charge on any atom is -0.395 e. The molecule has 2 aliphatic rings. The molecule has 2 fully saturated rings. The van der Waals surface area contributed by atoms with E-state index in [4.69, 9.17) is 0 Å². The molecule has 2 saturated heterocycles. The van der Waals surface area contributed by atoms with E-state index >= 15 is 0 Å². The summed E-state index contributed by atoms with van der Waals surface area (Å²) in [5.41, 5.74) is -4.56. The SMILES string of the molecule is Cl.Cl.O=C(c1cc(C(F)(F)F)cc(C(F)(F)F)c1)N1CCN(CCN2C(CO)CCCC2CO)C[C@H]1Cc1ccc(C(F)(F)F)cc1. The van der Waals surface area contributed by atoms with Gasteiger partial charge in [0.05, 0.1) is 29.9 Å². The molecule has 1 amide bonds. The number of amides is 1. The number of alkyl halides is 9. The lowest BCUT2D eigenvalue weighted by molar-refractivity contribution is -0.143. The predicted molar refractivity (Wildman–Crippen MR) is 160 cm³/mol. The van der Waals surface area contributed by atoms with Gasteiger partial charge in [-0.1, -0.05) is 18.6 Å². The Morgan fingerprint density at radius 3 is 1.68 bits per heavy atom. The standard InChI is InChI=1S/C30H34F9N3O3.2ClH/c31-28(32,33)21-6-4-19(5-7-21)12-26-16-40(8-10-41-24(17-43)2-1-3-25(41)18-44)9-11-42(26)27(45)20-13-22(29(34,35)36)15-23(14-20)30(37,38)39;;/h4-7,13-15,24-26,43-44H,1-3,8-12,16-18H2;2*1H/t24?,25?,26-;;/m1../s1. The summed E-state index contributed by atoms with van der Waals surface area (Å²) in [5, 5.41) is 19.7. The van der Waals surface area contributed by atoms with Gasteiger partial charge in [-0.25, -0.2) is 0 Å². The van der Waals surface area contributed by atoms with Crippen molar-refractivity contribution in [3.63, 3.8) is 0 Å². The van der Waals surface area contributed by atoms with E-state index < -0.39 is 52.7 Å².